The summed E-state index contributed by atoms with van der Waals surface area (Å²) in [5, 5.41) is 0. The van der Waals surface area contributed by atoms with Crippen LogP contribution in [0.3, 0.4) is 0 Å². The van der Waals surface area contributed by atoms with E-state index in [9.17, 15) is 14.4 Å². The van der Waals surface area contributed by atoms with Gasteiger partial charge in [-0.25, -0.2) is 9.59 Å². The number of methoxy groups -OCH3 is 1. The number of amides is 2. The smallest absolute Gasteiger partial charge is 0.410 e. The maximum atomic E-state index is 12.0. The van der Waals surface area contributed by atoms with Crippen molar-refractivity contribution in [3.05, 3.63) is 0 Å². The van der Waals surface area contributed by atoms with Crippen LogP contribution in [0.5, 0.6) is 0 Å². The summed E-state index contributed by atoms with van der Waals surface area (Å²) in [7, 11) is 1.26. The van der Waals surface area contributed by atoms with Gasteiger partial charge < -0.3 is 19.3 Å². The molecule has 1 atom stereocenters. The van der Waals surface area contributed by atoms with E-state index in [1.54, 1.807) is 20.8 Å². The van der Waals surface area contributed by atoms with Crippen LogP contribution in [-0.4, -0.2) is 66.2 Å². The first-order valence-electron chi connectivity index (χ1n) is 6.48. The van der Waals surface area contributed by atoms with Crippen LogP contribution in [0.4, 0.5) is 4.79 Å². The zero-order valence-electron chi connectivity index (χ0n) is 12.6. The average molecular weight is 286 g/mol. The first-order valence-corrected chi connectivity index (χ1v) is 6.48. The molecule has 1 aliphatic rings. The van der Waals surface area contributed by atoms with Gasteiger partial charge in [0.2, 0.25) is 5.91 Å². The highest BCUT2D eigenvalue weighted by atomic mass is 16.6. The third-order valence-corrected chi connectivity index (χ3v) is 2.91. The first-order chi connectivity index (χ1) is 9.15. The number of nitrogens with zero attached hydrogens (tertiary/aromatic N) is 2. The Morgan fingerprint density at radius 3 is 2.20 bits per heavy atom. The zero-order valence-corrected chi connectivity index (χ0v) is 12.6. The molecule has 0 bridgehead atoms. The van der Waals surface area contributed by atoms with E-state index in [4.69, 9.17) is 4.74 Å². The highest BCUT2D eigenvalue weighted by Crippen LogP contribution is 2.16. The minimum atomic E-state index is -0.779. The van der Waals surface area contributed by atoms with Crippen LogP contribution in [0, 0.1) is 0 Å². The summed E-state index contributed by atoms with van der Waals surface area (Å²) in [6.07, 6.45) is -0.491. The molecule has 0 saturated carbocycles. The zero-order chi connectivity index (χ0) is 15.5. The minimum Gasteiger partial charge on any atom is -0.467 e. The molecule has 1 aliphatic heterocycles. The molecule has 0 radical (unpaired) electrons. The molecule has 7 heteroatoms. The number of esters is 1. The molecule has 1 heterocycles. The van der Waals surface area contributed by atoms with Crippen molar-refractivity contribution in [1.82, 2.24) is 9.80 Å². The van der Waals surface area contributed by atoms with Crippen LogP contribution in [0.25, 0.3) is 0 Å². The molecular formula is C13H22N2O5. The summed E-state index contributed by atoms with van der Waals surface area (Å²) in [6, 6.07) is -0.779. The molecule has 7 nitrogen and oxygen atoms in total. The van der Waals surface area contributed by atoms with E-state index in [-0.39, 0.29) is 19.0 Å². The fraction of sp³-hybridized carbons (Fsp3) is 0.769. The number of carbonyl (C=O) groups excluding carboxylic acids is 3. The van der Waals surface area contributed by atoms with Gasteiger partial charge in [-0.2, -0.15) is 0 Å². The van der Waals surface area contributed by atoms with Gasteiger partial charge in [0.25, 0.3) is 0 Å². The van der Waals surface area contributed by atoms with Crippen molar-refractivity contribution in [3.63, 3.8) is 0 Å². The molecule has 114 valence electrons. The summed E-state index contributed by atoms with van der Waals surface area (Å²) in [4.78, 5) is 38.1. The SMILES string of the molecule is COC(=O)[C@@H]1CN(C(=O)OC(C)(C)C)CCN1C(C)=O. The predicted molar refractivity (Wildman–Crippen MR) is 71.0 cm³/mol. The minimum absolute atomic E-state index is 0.0845. The highest BCUT2D eigenvalue weighted by molar-refractivity contribution is 5.84. The Labute approximate surface area is 118 Å². The van der Waals surface area contributed by atoms with E-state index in [1.165, 1.54) is 23.8 Å². The first kappa shape index (κ1) is 16.3. The van der Waals surface area contributed by atoms with Gasteiger partial charge in [-0.05, 0) is 20.8 Å². The average Bonchev–Trinajstić information content (AvgIpc) is 2.34. The Kier molecular flexibility index (Phi) is 4.97. The summed E-state index contributed by atoms with van der Waals surface area (Å²) in [5.74, 6) is -0.752. The highest BCUT2D eigenvalue weighted by Gasteiger charge is 2.37. The Hall–Kier alpha value is -1.79. The second kappa shape index (κ2) is 6.11. The van der Waals surface area contributed by atoms with Crippen molar-refractivity contribution in [3.8, 4) is 0 Å². The number of ether oxygens (including phenoxy) is 2. The van der Waals surface area contributed by atoms with E-state index >= 15 is 0 Å². The van der Waals surface area contributed by atoms with Gasteiger partial charge in [0.15, 0.2) is 0 Å². The molecule has 1 saturated heterocycles. The summed E-state index contributed by atoms with van der Waals surface area (Å²) in [5.41, 5.74) is -0.602. The van der Waals surface area contributed by atoms with E-state index < -0.39 is 23.7 Å². The topological polar surface area (TPSA) is 76.2 Å². The third kappa shape index (κ3) is 4.11. The van der Waals surface area contributed by atoms with E-state index in [2.05, 4.69) is 4.74 Å². The van der Waals surface area contributed by atoms with Crippen LogP contribution < -0.4 is 0 Å². The lowest BCUT2D eigenvalue weighted by Crippen LogP contribution is -2.59. The van der Waals surface area contributed by atoms with Crippen molar-refractivity contribution >= 4 is 18.0 Å². The van der Waals surface area contributed by atoms with Crippen LogP contribution >= 0.6 is 0 Å². The molecule has 2 amide bonds. The van der Waals surface area contributed by atoms with Gasteiger partial charge in [0, 0.05) is 20.0 Å². The Morgan fingerprint density at radius 2 is 1.75 bits per heavy atom. The number of hydrogen-bond acceptors (Lipinski definition) is 5. The van der Waals surface area contributed by atoms with Crippen molar-refractivity contribution < 1.29 is 23.9 Å². The molecule has 0 aromatic heterocycles. The van der Waals surface area contributed by atoms with Gasteiger partial charge in [-0.1, -0.05) is 0 Å². The van der Waals surface area contributed by atoms with Crippen molar-refractivity contribution in [2.75, 3.05) is 26.7 Å². The number of piperazine rings is 1. The van der Waals surface area contributed by atoms with Gasteiger partial charge in [0.1, 0.15) is 11.6 Å². The Bertz CT molecular complexity index is 402. The van der Waals surface area contributed by atoms with E-state index in [0.717, 1.165) is 0 Å². The van der Waals surface area contributed by atoms with E-state index in [0.29, 0.717) is 6.54 Å². The quantitative estimate of drug-likeness (QED) is 0.661. The molecule has 20 heavy (non-hydrogen) atoms. The lowest BCUT2D eigenvalue weighted by Gasteiger charge is -2.39. The molecule has 1 rings (SSSR count). The lowest BCUT2D eigenvalue weighted by molar-refractivity contribution is -0.155. The van der Waals surface area contributed by atoms with Crippen LogP contribution in [0.1, 0.15) is 27.7 Å². The second-order valence-corrected chi connectivity index (χ2v) is 5.68. The summed E-state index contributed by atoms with van der Waals surface area (Å²) < 4.78 is 9.95. The monoisotopic (exact) mass is 286 g/mol. The molecule has 1 fully saturated rings. The van der Waals surface area contributed by atoms with Crippen molar-refractivity contribution in [2.45, 2.75) is 39.3 Å². The summed E-state index contributed by atoms with van der Waals surface area (Å²) in [6.45, 7) is 7.41. The van der Waals surface area contributed by atoms with Crippen molar-refractivity contribution in [1.29, 1.82) is 0 Å². The maximum absolute atomic E-state index is 12.0. The van der Waals surface area contributed by atoms with Gasteiger partial charge in [-0.15, -0.1) is 0 Å². The molecule has 0 spiro atoms. The second-order valence-electron chi connectivity index (χ2n) is 5.68. The third-order valence-electron chi connectivity index (χ3n) is 2.91. The fourth-order valence-corrected chi connectivity index (χ4v) is 1.99. The fourth-order valence-electron chi connectivity index (χ4n) is 1.99. The normalized spacial score (nSPS) is 19.6. The van der Waals surface area contributed by atoms with Gasteiger partial charge >= 0.3 is 12.1 Å². The number of hydrogen-bond donors (Lipinski definition) is 0. The molecule has 0 aromatic carbocycles. The Balaban J connectivity index is 2.78. The number of carbonyl (C=O) groups is 3. The van der Waals surface area contributed by atoms with Crippen LogP contribution in [-0.2, 0) is 19.1 Å². The van der Waals surface area contributed by atoms with Crippen molar-refractivity contribution in [2.24, 2.45) is 0 Å². The molecular weight excluding hydrogens is 264 g/mol. The number of rotatable bonds is 1. The lowest BCUT2D eigenvalue weighted by atomic mass is 10.1. The van der Waals surface area contributed by atoms with E-state index in [1.807, 2.05) is 0 Å². The van der Waals surface area contributed by atoms with Gasteiger partial charge in [-0.3, -0.25) is 4.79 Å². The molecule has 0 unspecified atom stereocenters. The van der Waals surface area contributed by atoms with Crippen LogP contribution in [0.15, 0.2) is 0 Å². The largest absolute Gasteiger partial charge is 0.467 e. The predicted octanol–water partition coefficient (Wildman–Crippen LogP) is 0.627. The molecule has 0 aliphatic carbocycles. The molecule has 0 aromatic rings. The Morgan fingerprint density at radius 1 is 1.15 bits per heavy atom. The molecule has 0 N–H and O–H groups in total. The standard InChI is InChI=1S/C13H22N2O5/c1-9(16)15-7-6-14(8-10(15)11(17)19-5)12(18)20-13(2,3)4/h10H,6-8H2,1-5H3/t10-/m0/s1. The summed E-state index contributed by atoms with van der Waals surface area (Å²) >= 11 is 0. The van der Waals surface area contributed by atoms with Crippen LogP contribution in [0.2, 0.25) is 0 Å². The maximum Gasteiger partial charge on any atom is 0.410 e. The van der Waals surface area contributed by atoms with Gasteiger partial charge in [0.05, 0.1) is 13.7 Å².